The van der Waals surface area contributed by atoms with E-state index in [0.717, 1.165) is 38.0 Å². The smallest absolute Gasteiger partial charge is 0.306 e. The van der Waals surface area contributed by atoms with E-state index in [1.807, 2.05) is 0 Å². The van der Waals surface area contributed by atoms with Gasteiger partial charge in [-0.2, -0.15) is 0 Å². The molecule has 0 saturated carbocycles. The van der Waals surface area contributed by atoms with Crippen LogP contribution >= 0.6 is 11.6 Å². The van der Waals surface area contributed by atoms with Crippen molar-refractivity contribution < 1.29 is 9.53 Å². The maximum atomic E-state index is 12.0. The van der Waals surface area contributed by atoms with Crippen LogP contribution in [0.3, 0.4) is 0 Å². The van der Waals surface area contributed by atoms with Crippen LogP contribution < -0.4 is 0 Å². The van der Waals surface area contributed by atoms with Crippen molar-refractivity contribution in [3.8, 4) is 0 Å². The molecule has 0 aromatic heterocycles. The van der Waals surface area contributed by atoms with Crippen LogP contribution in [0.1, 0.15) is 104 Å². The highest BCUT2D eigenvalue weighted by molar-refractivity contribution is 6.17. The SMILES string of the molecule is CCCCCC(CCCCC)OC(=O)CCCCCCCCl. The average molecular weight is 333 g/mol. The Kier molecular flexibility index (Phi) is 16.9. The molecule has 0 aliphatic rings. The van der Waals surface area contributed by atoms with Gasteiger partial charge in [0.1, 0.15) is 6.10 Å². The maximum absolute atomic E-state index is 12.0. The van der Waals surface area contributed by atoms with Gasteiger partial charge in [-0.1, -0.05) is 58.8 Å². The fourth-order valence-electron chi connectivity index (χ4n) is 2.65. The lowest BCUT2D eigenvalue weighted by molar-refractivity contribution is -0.150. The highest BCUT2D eigenvalue weighted by Crippen LogP contribution is 2.16. The van der Waals surface area contributed by atoms with E-state index in [1.54, 1.807) is 0 Å². The first-order chi connectivity index (χ1) is 10.7. The number of hydrogen-bond acceptors (Lipinski definition) is 2. The Balaban J connectivity index is 3.81. The van der Waals surface area contributed by atoms with Crippen LogP contribution in [0.2, 0.25) is 0 Å². The average Bonchev–Trinajstić information content (AvgIpc) is 2.51. The van der Waals surface area contributed by atoms with Crippen molar-refractivity contribution in [1.82, 2.24) is 0 Å². The summed E-state index contributed by atoms with van der Waals surface area (Å²) in [6.45, 7) is 4.42. The summed E-state index contributed by atoms with van der Waals surface area (Å²) in [4.78, 5) is 12.0. The van der Waals surface area contributed by atoms with E-state index in [4.69, 9.17) is 16.3 Å². The molecule has 0 atom stereocenters. The molecule has 0 saturated heterocycles. The predicted octanol–water partition coefficient (Wildman–Crippen LogP) is 6.64. The van der Waals surface area contributed by atoms with Gasteiger partial charge < -0.3 is 4.74 Å². The minimum Gasteiger partial charge on any atom is -0.462 e. The number of halogens is 1. The summed E-state index contributed by atoms with van der Waals surface area (Å²) in [6.07, 6.45) is 15.6. The first kappa shape index (κ1) is 21.8. The van der Waals surface area contributed by atoms with Crippen LogP contribution in [0.4, 0.5) is 0 Å². The van der Waals surface area contributed by atoms with E-state index in [-0.39, 0.29) is 12.1 Å². The first-order valence-electron chi connectivity index (χ1n) is 9.50. The van der Waals surface area contributed by atoms with Gasteiger partial charge in [-0.3, -0.25) is 4.79 Å². The van der Waals surface area contributed by atoms with E-state index in [1.165, 1.54) is 51.4 Å². The number of carbonyl (C=O) groups excluding carboxylic acids is 1. The van der Waals surface area contributed by atoms with Crippen molar-refractivity contribution in [2.75, 3.05) is 5.88 Å². The third kappa shape index (κ3) is 14.7. The number of alkyl halides is 1. The summed E-state index contributed by atoms with van der Waals surface area (Å²) in [5, 5.41) is 0. The Morgan fingerprint density at radius 1 is 0.818 bits per heavy atom. The quantitative estimate of drug-likeness (QED) is 0.180. The van der Waals surface area contributed by atoms with Crippen LogP contribution in [0.5, 0.6) is 0 Å². The molecule has 0 spiro atoms. The second kappa shape index (κ2) is 17.1. The van der Waals surface area contributed by atoms with Crippen molar-refractivity contribution in [1.29, 1.82) is 0 Å². The molecule has 0 N–H and O–H groups in total. The highest BCUT2D eigenvalue weighted by Gasteiger charge is 2.13. The Labute approximate surface area is 143 Å². The monoisotopic (exact) mass is 332 g/mol. The molecule has 0 aromatic carbocycles. The van der Waals surface area contributed by atoms with Gasteiger partial charge in [0.2, 0.25) is 0 Å². The Morgan fingerprint density at radius 2 is 1.36 bits per heavy atom. The molecule has 0 aliphatic heterocycles. The van der Waals surface area contributed by atoms with Crippen molar-refractivity contribution in [2.45, 2.75) is 110 Å². The molecule has 0 amide bonds. The summed E-state index contributed by atoms with van der Waals surface area (Å²) in [6, 6.07) is 0. The summed E-state index contributed by atoms with van der Waals surface area (Å²) in [5.41, 5.74) is 0. The standard InChI is InChI=1S/C19H37ClO2/c1-3-5-10-14-18(15-11-6-4-2)22-19(21)16-12-8-7-9-13-17-20/h18H,3-17H2,1-2H3. The lowest BCUT2D eigenvalue weighted by atomic mass is 10.0. The van der Waals surface area contributed by atoms with E-state index in [0.29, 0.717) is 6.42 Å². The molecule has 2 nitrogen and oxygen atoms in total. The van der Waals surface area contributed by atoms with Crippen molar-refractivity contribution in [3.63, 3.8) is 0 Å². The van der Waals surface area contributed by atoms with E-state index >= 15 is 0 Å². The summed E-state index contributed by atoms with van der Waals surface area (Å²) < 4.78 is 5.71. The van der Waals surface area contributed by atoms with Crippen LogP contribution in [0, 0.1) is 0 Å². The molecule has 0 heterocycles. The van der Waals surface area contributed by atoms with Gasteiger partial charge in [0, 0.05) is 12.3 Å². The predicted molar refractivity (Wildman–Crippen MR) is 96.6 cm³/mol. The Hall–Kier alpha value is -0.240. The van der Waals surface area contributed by atoms with Gasteiger partial charge in [0.05, 0.1) is 0 Å². The molecule has 132 valence electrons. The number of unbranched alkanes of at least 4 members (excludes halogenated alkanes) is 8. The molecule has 0 aromatic rings. The van der Waals surface area contributed by atoms with Gasteiger partial charge in [-0.05, 0) is 38.5 Å². The van der Waals surface area contributed by atoms with Crippen LogP contribution in [-0.2, 0) is 9.53 Å². The topological polar surface area (TPSA) is 26.3 Å². The summed E-state index contributed by atoms with van der Waals surface area (Å²) >= 11 is 5.65. The van der Waals surface area contributed by atoms with Gasteiger partial charge in [0.25, 0.3) is 0 Å². The second-order valence-electron chi connectivity index (χ2n) is 6.31. The summed E-state index contributed by atoms with van der Waals surface area (Å²) in [7, 11) is 0. The largest absolute Gasteiger partial charge is 0.462 e. The van der Waals surface area contributed by atoms with Gasteiger partial charge in [-0.25, -0.2) is 0 Å². The van der Waals surface area contributed by atoms with Gasteiger partial charge in [0.15, 0.2) is 0 Å². The zero-order valence-electron chi connectivity index (χ0n) is 14.9. The second-order valence-corrected chi connectivity index (χ2v) is 6.69. The number of rotatable bonds is 16. The zero-order valence-corrected chi connectivity index (χ0v) is 15.6. The lowest BCUT2D eigenvalue weighted by Crippen LogP contribution is -2.18. The molecule has 0 bridgehead atoms. The fraction of sp³-hybridized carbons (Fsp3) is 0.947. The number of carbonyl (C=O) groups is 1. The fourth-order valence-corrected chi connectivity index (χ4v) is 2.83. The normalized spacial score (nSPS) is 11.1. The van der Waals surface area contributed by atoms with Crippen LogP contribution in [-0.4, -0.2) is 18.0 Å². The Morgan fingerprint density at radius 3 is 1.91 bits per heavy atom. The van der Waals surface area contributed by atoms with Crippen molar-refractivity contribution in [2.24, 2.45) is 0 Å². The molecule has 0 unspecified atom stereocenters. The number of esters is 1. The molecule has 0 rings (SSSR count). The summed E-state index contributed by atoms with van der Waals surface area (Å²) in [5.74, 6) is 0.759. The van der Waals surface area contributed by atoms with Gasteiger partial charge in [-0.15, -0.1) is 11.6 Å². The number of hydrogen-bond donors (Lipinski definition) is 0. The minimum absolute atomic E-state index is 0.00957. The molecule has 3 heteroatoms. The van der Waals surface area contributed by atoms with Crippen LogP contribution in [0.15, 0.2) is 0 Å². The third-order valence-electron chi connectivity index (χ3n) is 4.07. The van der Waals surface area contributed by atoms with Gasteiger partial charge >= 0.3 is 5.97 Å². The Bertz CT molecular complexity index is 234. The molecule has 0 radical (unpaired) electrons. The molecular formula is C19H37ClO2. The molecule has 0 aliphatic carbocycles. The highest BCUT2D eigenvalue weighted by atomic mass is 35.5. The third-order valence-corrected chi connectivity index (χ3v) is 4.34. The van der Waals surface area contributed by atoms with Crippen LogP contribution in [0.25, 0.3) is 0 Å². The molecular weight excluding hydrogens is 296 g/mol. The molecule has 22 heavy (non-hydrogen) atoms. The van der Waals surface area contributed by atoms with Crippen molar-refractivity contribution in [3.05, 3.63) is 0 Å². The van der Waals surface area contributed by atoms with E-state index < -0.39 is 0 Å². The minimum atomic E-state index is 0.00957. The van der Waals surface area contributed by atoms with E-state index in [2.05, 4.69) is 13.8 Å². The van der Waals surface area contributed by atoms with E-state index in [9.17, 15) is 4.79 Å². The zero-order chi connectivity index (χ0) is 16.5. The first-order valence-corrected chi connectivity index (χ1v) is 10.0. The lowest BCUT2D eigenvalue weighted by Gasteiger charge is -2.18. The number of ether oxygens (including phenoxy) is 1. The maximum Gasteiger partial charge on any atom is 0.306 e. The van der Waals surface area contributed by atoms with Crippen molar-refractivity contribution >= 4 is 17.6 Å². The molecule has 0 fully saturated rings.